The molecule has 4 rings (SSSR count). The summed E-state index contributed by atoms with van der Waals surface area (Å²) in [4.78, 5) is 6.50. The molecule has 0 aliphatic carbocycles. The second-order valence-electron chi connectivity index (χ2n) is 5.18. The van der Waals surface area contributed by atoms with E-state index in [9.17, 15) is 8.78 Å². The first-order chi connectivity index (χ1) is 10.6. The molecular formula is C15H11ClF2N4. The van der Waals surface area contributed by atoms with Crippen molar-refractivity contribution in [3.05, 3.63) is 47.2 Å². The monoisotopic (exact) mass is 320 g/mol. The Labute approximate surface area is 129 Å². The molecule has 1 aliphatic rings. The Morgan fingerprint density at radius 3 is 2.68 bits per heavy atom. The van der Waals surface area contributed by atoms with E-state index in [1.807, 2.05) is 6.07 Å². The fraction of sp³-hybridized carbons (Fsp3) is 0.200. The Balaban J connectivity index is 1.91. The lowest BCUT2D eigenvalue weighted by Crippen LogP contribution is -2.37. The molecule has 0 radical (unpaired) electrons. The second-order valence-corrected chi connectivity index (χ2v) is 5.59. The largest absolute Gasteiger partial charge is 0.368 e. The number of aromatic nitrogens is 3. The van der Waals surface area contributed by atoms with Crippen LogP contribution in [0.1, 0.15) is 6.42 Å². The molecule has 1 saturated heterocycles. The summed E-state index contributed by atoms with van der Waals surface area (Å²) in [5.41, 5.74) is 2.06. The Kier molecular flexibility index (Phi) is 3.00. The molecule has 0 amide bonds. The molecule has 3 heterocycles. The lowest BCUT2D eigenvalue weighted by molar-refractivity contribution is 0.602. The van der Waals surface area contributed by atoms with E-state index in [0.29, 0.717) is 11.3 Å². The van der Waals surface area contributed by atoms with Crippen LogP contribution in [-0.2, 0) is 0 Å². The van der Waals surface area contributed by atoms with E-state index in [2.05, 4.69) is 15.0 Å². The Morgan fingerprint density at radius 2 is 1.95 bits per heavy atom. The van der Waals surface area contributed by atoms with Crippen molar-refractivity contribution in [3.63, 3.8) is 0 Å². The highest BCUT2D eigenvalue weighted by atomic mass is 35.5. The molecule has 1 aromatic carbocycles. The summed E-state index contributed by atoms with van der Waals surface area (Å²) in [6, 6.07) is 3.91. The maximum Gasteiger partial charge on any atom is 0.177 e. The number of halogens is 3. The number of imidazole rings is 1. The molecular weight excluding hydrogens is 310 g/mol. The van der Waals surface area contributed by atoms with Gasteiger partial charge in [-0.15, -0.1) is 0 Å². The minimum absolute atomic E-state index is 0.0858. The van der Waals surface area contributed by atoms with Crippen molar-refractivity contribution in [2.24, 2.45) is 0 Å². The maximum absolute atomic E-state index is 14.1. The highest BCUT2D eigenvalue weighted by molar-refractivity contribution is 6.30. The van der Waals surface area contributed by atoms with Crippen molar-refractivity contribution < 1.29 is 8.78 Å². The van der Waals surface area contributed by atoms with Gasteiger partial charge in [-0.3, -0.25) is 0 Å². The predicted molar refractivity (Wildman–Crippen MR) is 80.2 cm³/mol. The van der Waals surface area contributed by atoms with Crippen molar-refractivity contribution >= 4 is 22.9 Å². The molecule has 0 spiro atoms. The third-order valence-electron chi connectivity index (χ3n) is 3.86. The van der Waals surface area contributed by atoms with Gasteiger partial charge in [-0.05, 0) is 24.6 Å². The van der Waals surface area contributed by atoms with E-state index in [1.165, 1.54) is 10.7 Å². The zero-order valence-corrected chi connectivity index (χ0v) is 12.2. The van der Waals surface area contributed by atoms with Gasteiger partial charge in [0.2, 0.25) is 0 Å². The number of hydrogen-bond acceptors (Lipinski definition) is 3. The molecule has 1 fully saturated rings. The van der Waals surface area contributed by atoms with Gasteiger partial charge in [-0.1, -0.05) is 11.6 Å². The lowest BCUT2D eigenvalue weighted by Gasteiger charge is -2.32. The second kappa shape index (κ2) is 4.91. The highest BCUT2D eigenvalue weighted by Crippen LogP contribution is 2.31. The molecule has 1 aliphatic heterocycles. The smallest absolute Gasteiger partial charge is 0.177 e. The van der Waals surface area contributed by atoms with Crippen molar-refractivity contribution in [2.75, 3.05) is 18.0 Å². The van der Waals surface area contributed by atoms with E-state index in [0.717, 1.165) is 37.3 Å². The summed E-state index contributed by atoms with van der Waals surface area (Å²) in [5.74, 6) is -1.28. The summed E-state index contributed by atoms with van der Waals surface area (Å²) in [6.45, 7) is 1.93. The first-order valence-corrected chi connectivity index (χ1v) is 7.25. The summed E-state index contributed by atoms with van der Waals surface area (Å²) in [7, 11) is 0. The SMILES string of the molecule is Fc1cc(-c2cnc3c(N4CCC4)ccnn23)c(F)cc1Cl. The number of hydrogen-bond donors (Lipinski definition) is 0. The van der Waals surface area contributed by atoms with Gasteiger partial charge in [0.25, 0.3) is 0 Å². The van der Waals surface area contributed by atoms with Gasteiger partial charge in [0.15, 0.2) is 5.65 Å². The summed E-state index contributed by atoms with van der Waals surface area (Å²) < 4.78 is 29.3. The van der Waals surface area contributed by atoms with E-state index < -0.39 is 11.6 Å². The van der Waals surface area contributed by atoms with Crippen LogP contribution in [0.25, 0.3) is 16.9 Å². The molecule has 3 aromatic rings. The van der Waals surface area contributed by atoms with Crippen LogP contribution >= 0.6 is 11.6 Å². The number of benzene rings is 1. The average Bonchev–Trinajstić information content (AvgIpc) is 2.86. The maximum atomic E-state index is 14.1. The van der Waals surface area contributed by atoms with Crippen LogP contribution in [-0.4, -0.2) is 27.7 Å². The van der Waals surface area contributed by atoms with Crippen LogP contribution in [0, 0.1) is 11.6 Å². The van der Waals surface area contributed by atoms with Crippen LogP contribution in [0.3, 0.4) is 0 Å². The van der Waals surface area contributed by atoms with Crippen LogP contribution < -0.4 is 4.90 Å². The van der Waals surface area contributed by atoms with Gasteiger partial charge in [-0.25, -0.2) is 18.3 Å². The summed E-state index contributed by atoms with van der Waals surface area (Å²) >= 11 is 5.60. The average molecular weight is 321 g/mol. The third kappa shape index (κ3) is 1.94. The molecule has 0 bridgehead atoms. The predicted octanol–water partition coefficient (Wildman–Crippen LogP) is 3.54. The molecule has 7 heteroatoms. The zero-order chi connectivity index (χ0) is 15.3. The topological polar surface area (TPSA) is 33.4 Å². The molecule has 4 nitrogen and oxygen atoms in total. The summed E-state index contributed by atoms with van der Waals surface area (Å²) in [6.07, 6.45) is 4.27. The minimum Gasteiger partial charge on any atom is -0.368 e. The van der Waals surface area contributed by atoms with Crippen LogP contribution in [0.5, 0.6) is 0 Å². The number of rotatable bonds is 2. The molecule has 22 heavy (non-hydrogen) atoms. The summed E-state index contributed by atoms with van der Waals surface area (Å²) in [5, 5.41) is 3.97. The number of nitrogens with zero attached hydrogens (tertiary/aromatic N) is 4. The Morgan fingerprint density at radius 1 is 1.14 bits per heavy atom. The number of fused-ring (bicyclic) bond motifs is 1. The van der Waals surface area contributed by atoms with Gasteiger partial charge in [0.05, 0.1) is 28.8 Å². The van der Waals surface area contributed by atoms with Crippen molar-refractivity contribution in [2.45, 2.75) is 6.42 Å². The molecule has 0 N–H and O–H groups in total. The molecule has 0 atom stereocenters. The van der Waals surface area contributed by atoms with Gasteiger partial charge in [0.1, 0.15) is 11.6 Å². The fourth-order valence-electron chi connectivity index (χ4n) is 2.59. The highest BCUT2D eigenvalue weighted by Gasteiger charge is 2.21. The van der Waals surface area contributed by atoms with E-state index >= 15 is 0 Å². The minimum atomic E-state index is -0.674. The quantitative estimate of drug-likeness (QED) is 0.677. The van der Waals surface area contributed by atoms with Gasteiger partial charge in [-0.2, -0.15) is 5.10 Å². The van der Waals surface area contributed by atoms with Gasteiger partial charge >= 0.3 is 0 Å². The molecule has 112 valence electrons. The van der Waals surface area contributed by atoms with Crippen molar-refractivity contribution in [1.29, 1.82) is 0 Å². The van der Waals surface area contributed by atoms with E-state index in [-0.39, 0.29) is 10.6 Å². The Bertz CT molecular complexity index is 873. The molecule has 0 unspecified atom stereocenters. The third-order valence-corrected chi connectivity index (χ3v) is 4.15. The first kappa shape index (κ1) is 13.5. The molecule has 2 aromatic heterocycles. The van der Waals surface area contributed by atoms with Crippen LogP contribution in [0.4, 0.5) is 14.5 Å². The molecule has 0 saturated carbocycles. The Hall–Kier alpha value is -2.21. The van der Waals surface area contributed by atoms with E-state index in [4.69, 9.17) is 11.6 Å². The normalized spacial score (nSPS) is 14.4. The van der Waals surface area contributed by atoms with Crippen molar-refractivity contribution in [3.8, 4) is 11.3 Å². The standard InChI is InChI=1S/C15H11ClF2N4/c16-10-7-11(17)9(6-12(10)18)14-8-19-15-13(21-4-1-5-21)2-3-20-22(14)15/h2-3,6-8H,1,4-5H2. The van der Waals surface area contributed by atoms with E-state index in [1.54, 1.807) is 6.20 Å². The van der Waals surface area contributed by atoms with Crippen LogP contribution in [0.2, 0.25) is 5.02 Å². The van der Waals surface area contributed by atoms with Gasteiger partial charge in [0, 0.05) is 18.7 Å². The van der Waals surface area contributed by atoms with Crippen LogP contribution in [0.15, 0.2) is 30.6 Å². The zero-order valence-electron chi connectivity index (χ0n) is 11.4. The lowest BCUT2D eigenvalue weighted by atomic mass is 10.1. The van der Waals surface area contributed by atoms with Gasteiger partial charge < -0.3 is 4.90 Å². The number of anilines is 1. The fourth-order valence-corrected chi connectivity index (χ4v) is 2.74. The first-order valence-electron chi connectivity index (χ1n) is 6.88. The van der Waals surface area contributed by atoms with Crippen molar-refractivity contribution in [1.82, 2.24) is 14.6 Å².